The fourth-order valence-electron chi connectivity index (χ4n) is 5.44. The van der Waals surface area contributed by atoms with E-state index < -0.39 is 24.6 Å². The fourth-order valence-corrected chi connectivity index (χ4v) is 5.44. The third-order valence-electron chi connectivity index (χ3n) is 7.25. The monoisotopic (exact) mass is 579 g/mol. The number of pyridine rings is 1. The van der Waals surface area contributed by atoms with Gasteiger partial charge in [-0.05, 0) is 60.1 Å². The summed E-state index contributed by atoms with van der Waals surface area (Å²) in [7, 11) is 1.64. The Hall–Kier alpha value is -5.01. The minimum absolute atomic E-state index is 0.0125. The van der Waals surface area contributed by atoms with Crippen molar-refractivity contribution in [3.8, 4) is 11.6 Å². The first kappa shape index (κ1) is 27.2. The van der Waals surface area contributed by atoms with E-state index in [4.69, 9.17) is 14.3 Å². The maximum absolute atomic E-state index is 13.5. The van der Waals surface area contributed by atoms with Gasteiger partial charge >= 0.3 is 6.18 Å². The number of nitrogens with one attached hydrogen (secondary N) is 2. The Morgan fingerprint density at radius 3 is 2.83 bits per heavy atom. The zero-order chi connectivity index (χ0) is 29.4. The number of halogens is 3. The molecule has 1 aliphatic carbocycles. The second-order valence-corrected chi connectivity index (χ2v) is 10.00. The molecule has 2 unspecified atom stereocenters. The van der Waals surface area contributed by atoms with E-state index in [9.17, 15) is 22.8 Å². The van der Waals surface area contributed by atoms with Gasteiger partial charge in [0.1, 0.15) is 17.6 Å². The molecule has 0 fully saturated rings. The first-order chi connectivity index (χ1) is 20.2. The normalized spacial score (nSPS) is 18.0. The number of fused-ring (bicyclic) bond motifs is 4. The predicted molar refractivity (Wildman–Crippen MR) is 143 cm³/mol. The van der Waals surface area contributed by atoms with Crippen LogP contribution in [0.5, 0.6) is 5.75 Å². The number of alkyl halides is 3. The Bertz CT molecular complexity index is 1660. The molecular weight excluding hydrogens is 555 g/mol. The van der Waals surface area contributed by atoms with Crippen molar-refractivity contribution in [2.75, 3.05) is 25.5 Å². The summed E-state index contributed by atoms with van der Waals surface area (Å²) in [5.41, 5.74) is 3.19. The van der Waals surface area contributed by atoms with E-state index in [1.54, 1.807) is 43.7 Å². The van der Waals surface area contributed by atoms with E-state index in [0.717, 1.165) is 23.1 Å². The number of carbonyl (C=O) groups is 2. The standard InChI is InChI=1S/C28H24F3N7O4/c1-32-9-15-2-5-23(33-10-15)38-25(36-26(39)22-12-41-14-35-22)24-21(37-38)8-20-17(11-34-27(24)40)6-16-7-18(3-4-19(16)20)42-13-28(29,30)31/h2-5,7,9-10,12,14,17,20H,6,8,11,13H2,1H3,(H,34,40)(H,36,39). The van der Waals surface area contributed by atoms with Crippen molar-refractivity contribution in [2.45, 2.75) is 24.9 Å². The molecular formula is C28H24F3N7O4. The molecule has 2 aliphatic rings. The average molecular weight is 580 g/mol. The van der Waals surface area contributed by atoms with Crippen molar-refractivity contribution >= 4 is 23.8 Å². The molecule has 3 aromatic heterocycles. The van der Waals surface area contributed by atoms with Gasteiger partial charge in [0.25, 0.3) is 11.8 Å². The number of hydrogen-bond donors (Lipinski definition) is 2. The Balaban J connectivity index is 1.39. The van der Waals surface area contributed by atoms with Gasteiger partial charge in [0.15, 0.2) is 30.3 Å². The number of anilines is 1. The number of hydrogen-bond acceptors (Lipinski definition) is 8. The first-order valence-electron chi connectivity index (χ1n) is 13.0. The lowest BCUT2D eigenvalue weighted by molar-refractivity contribution is -0.153. The number of aromatic nitrogens is 4. The highest BCUT2D eigenvalue weighted by molar-refractivity contribution is 6.08. The van der Waals surface area contributed by atoms with Gasteiger partial charge < -0.3 is 19.8 Å². The number of rotatable bonds is 6. The van der Waals surface area contributed by atoms with Gasteiger partial charge in [0.05, 0.1) is 5.69 Å². The van der Waals surface area contributed by atoms with Crippen molar-refractivity contribution < 1.29 is 31.9 Å². The van der Waals surface area contributed by atoms with Crippen LogP contribution in [0.1, 0.15) is 49.1 Å². The minimum atomic E-state index is -4.44. The Morgan fingerprint density at radius 1 is 1.26 bits per heavy atom. The van der Waals surface area contributed by atoms with Crippen LogP contribution in [0.3, 0.4) is 0 Å². The molecule has 1 aliphatic heterocycles. The molecule has 1 aromatic carbocycles. The minimum Gasteiger partial charge on any atom is -0.484 e. The fraction of sp³-hybridized carbons (Fsp3) is 0.286. The van der Waals surface area contributed by atoms with E-state index in [1.165, 1.54) is 17.0 Å². The lowest BCUT2D eigenvalue weighted by Gasteiger charge is -2.23. The molecule has 6 rings (SSSR count). The van der Waals surface area contributed by atoms with Crippen LogP contribution in [0.15, 0.2) is 58.6 Å². The first-order valence-corrected chi connectivity index (χ1v) is 13.0. The Labute approximate surface area is 236 Å². The average Bonchev–Trinajstić information content (AvgIpc) is 3.69. The maximum Gasteiger partial charge on any atom is 0.422 e. The van der Waals surface area contributed by atoms with Crippen molar-refractivity contribution in [1.29, 1.82) is 0 Å². The zero-order valence-electron chi connectivity index (χ0n) is 22.2. The maximum atomic E-state index is 13.5. The Morgan fingerprint density at radius 2 is 2.12 bits per heavy atom. The topological polar surface area (TPSA) is 137 Å². The quantitative estimate of drug-likeness (QED) is 0.332. The van der Waals surface area contributed by atoms with Gasteiger partial charge in [-0.1, -0.05) is 6.07 Å². The highest BCUT2D eigenvalue weighted by Crippen LogP contribution is 2.43. The summed E-state index contributed by atoms with van der Waals surface area (Å²) >= 11 is 0. The molecule has 2 atom stereocenters. The molecule has 14 heteroatoms. The van der Waals surface area contributed by atoms with E-state index in [2.05, 4.69) is 25.6 Å². The van der Waals surface area contributed by atoms with Crippen LogP contribution in [0, 0.1) is 5.92 Å². The van der Waals surface area contributed by atoms with Crippen molar-refractivity contribution in [3.63, 3.8) is 0 Å². The van der Waals surface area contributed by atoms with Gasteiger partial charge in [0.2, 0.25) is 0 Å². The van der Waals surface area contributed by atoms with Crippen molar-refractivity contribution in [3.05, 3.63) is 82.8 Å². The SMILES string of the molecule is CN=Cc1ccc(-n2nc3c(c2NC(=O)c2cocn2)C(=O)NCC2Cc4cc(OCC(F)(F)F)ccc4C2C3)nc1. The number of oxazole rings is 1. The third-order valence-corrected chi connectivity index (χ3v) is 7.25. The van der Waals surface area contributed by atoms with Gasteiger partial charge in [-0.2, -0.15) is 23.0 Å². The van der Waals surface area contributed by atoms with Crippen LogP contribution in [0.25, 0.3) is 5.82 Å². The van der Waals surface area contributed by atoms with Crippen LogP contribution < -0.4 is 15.4 Å². The van der Waals surface area contributed by atoms with E-state index >= 15 is 0 Å². The molecule has 0 spiro atoms. The van der Waals surface area contributed by atoms with Crippen LogP contribution in [0.4, 0.5) is 19.0 Å². The summed E-state index contributed by atoms with van der Waals surface area (Å²) in [6.07, 6.45) is 1.99. The molecule has 0 bridgehead atoms. The smallest absolute Gasteiger partial charge is 0.422 e. The van der Waals surface area contributed by atoms with E-state index in [0.29, 0.717) is 30.9 Å². The van der Waals surface area contributed by atoms with Crippen LogP contribution >= 0.6 is 0 Å². The molecule has 0 saturated heterocycles. The molecule has 11 nitrogen and oxygen atoms in total. The number of benzene rings is 1. The highest BCUT2D eigenvalue weighted by atomic mass is 19.4. The number of aliphatic imine (C=N–C) groups is 1. The van der Waals surface area contributed by atoms with Gasteiger partial charge in [-0.25, -0.2) is 9.97 Å². The molecule has 0 saturated carbocycles. The van der Waals surface area contributed by atoms with Gasteiger partial charge in [-0.3, -0.25) is 14.6 Å². The van der Waals surface area contributed by atoms with Crippen LogP contribution in [-0.4, -0.2) is 64.2 Å². The lowest BCUT2D eigenvalue weighted by Crippen LogP contribution is -2.35. The summed E-state index contributed by atoms with van der Waals surface area (Å²) in [5, 5.41) is 10.4. The third kappa shape index (κ3) is 5.34. The Kier molecular flexibility index (Phi) is 6.96. The van der Waals surface area contributed by atoms with E-state index in [1.807, 2.05) is 0 Å². The summed E-state index contributed by atoms with van der Waals surface area (Å²) in [4.78, 5) is 38.8. The molecule has 216 valence electrons. The largest absolute Gasteiger partial charge is 0.484 e. The number of nitrogens with zero attached hydrogens (tertiary/aromatic N) is 5. The summed E-state index contributed by atoms with van der Waals surface area (Å²) in [6, 6.07) is 8.39. The molecule has 2 amide bonds. The second kappa shape index (κ2) is 10.8. The molecule has 42 heavy (non-hydrogen) atoms. The predicted octanol–water partition coefficient (Wildman–Crippen LogP) is 3.74. The van der Waals surface area contributed by atoms with Crippen molar-refractivity contribution in [1.82, 2.24) is 25.1 Å². The molecule has 2 N–H and O–H groups in total. The summed E-state index contributed by atoms with van der Waals surface area (Å²) < 4.78 is 49.3. The molecule has 4 heterocycles. The van der Waals surface area contributed by atoms with Gasteiger partial charge in [0, 0.05) is 31.6 Å². The molecule has 4 aromatic rings. The number of carbonyl (C=O) groups excluding carboxylic acids is 2. The van der Waals surface area contributed by atoms with Gasteiger partial charge in [-0.15, -0.1) is 0 Å². The van der Waals surface area contributed by atoms with Crippen LogP contribution in [-0.2, 0) is 12.8 Å². The zero-order valence-corrected chi connectivity index (χ0v) is 22.2. The number of ether oxygens (including phenoxy) is 1. The van der Waals surface area contributed by atoms with Crippen molar-refractivity contribution in [2.24, 2.45) is 10.9 Å². The van der Waals surface area contributed by atoms with E-state index in [-0.39, 0.29) is 34.7 Å². The second-order valence-electron chi connectivity index (χ2n) is 10.00. The summed E-state index contributed by atoms with van der Waals surface area (Å²) in [5.74, 6) is -0.526. The number of amides is 2. The summed E-state index contributed by atoms with van der Waals surface area (Å²) in [6.45, 7) is -1.06. The molecule has 0 radical (unpaired) electrons. The lowest BCUT2D eigenvalue weighted by atomic mass is 9.86. The highest BCUT2D eigenvalue weighted by Gasteiger charge is 2.39. The van der Waals surface area contributed by atoms with Crippen LogP contribution in [0.2, 0.25) is 0 Å².